The Hall–Kier alpha value is -0.340. The van der Waals surface area contributed by atoms with Crippen molar-refractivity contribution in [3.8, 4) is 0 Å². The van der Waals surface area contributed by atoms with Gasteiger partial charge in [-0.2, -0.15) is 0 Å². The third-order valence-corrected chi connectivity index (χ3v) is 2.40. The van der Waals surface area contributed by atoms with Crippen LogP contribution in [0.4, 0.5) is 0 Å². The zero-order chi connectivity index (χ0) is 9.19. The van der Waals surface area contributed by atoms with Gasteiger partial charge >= 0.3 is 0 Å². The molecule has 12 heavy (non-hydrogen) atoms. The van der Waals surface area contributed by atoms with Crippen LogP contribution >= 0.6 is 0 Å². The van der Waals surface area contributed by atoms with Crippen molar-refractivity contribution in [2.75, 3.05) is 6.61 Å². The molecule has 0 spiro atoms. The summed E-state index contributed by atoms with van der Waals surface area (Å²) in [4.78, 5) is 0. The Morgan fingerprint density at radius 3 is 2.58 bits per heavy atom. The summed E-state index contributed by atoms with van der Waals surface area (Å²) in [5.74, 6) is 0. The smallest absolute Gasteiger partial charge is 0.0892 e. The van der Waals surface area contributed by atoms with Gasteiger partial charge < -0.3 is 9.84 Å². The zero-order valence-corrected chi connectivity index (χ0v) is 8.13. The van der Waals surface area contributed by atoms with Gasteiger partial charge in [0.1, 0.15) is 0 Å². The van der Waals surface area contributed by atoms with Crippen LogP contribution in [0.1, 0.15) is 33.6 Å². The molecule has 0 amide bonds. The van der Waals surface area contributed by atoms with Crippen molar-refractivity contribution in [3.05, 3.63) is 11.6 Å². The molecule has 70 valence electrons. The Morgan fingerprint density at radius 1 is 1.58 bits per heavy atom. The quantitative estimate of drug-likeness (QED) is 0.516. The Labute approximate surface area is 74.2 Å². The highest BCUT2D eigenvalue weighted by atomic mass is 16.6. The Balaban J connectivity index is 2.15. The average Bonchev–Trinajstić information content (AvgIpc) is 2.56. The van der Waals surface area contributed by atoms with Gasteiger partial charge in [-0.15, -0.1) is 0 Å². The number of allylic oxidation sites excluding steroid dienone is 1. The molecule has 2 heteroatoms. The first-order valence-electron chi connectivity index (χ1n) is 4.50. The van der Waals surface area contributed by atoms with Gasteiger partial charge in [-0.1, -0.05) is 11.6 Å². The first-order valence-corrected chi connectivity index (χ1v) is 4.50. The summed E-state index contributed by atoms with van der Waals surface area (Å²) >= 11 is 0. The lowest BCUT2D eigenvalue weighted by molar-refractivity contribution is 0.319. The fourth-order valence-corrected chi connectivity index (χ4v) is 1.36. The Morgan fingerprint density at radius 2 is 2.17 bits per heavy atom. The lowest BCUT2D eigenvalue weighted by Crippen LogP contribution is -2.02. The van der Waals surface area contributed by atoms with Gasteiger partial charge in [0, 0.05) is 0 Å². The monoisotopic (exact) mass is 170 g/mol. The van der Waals surface area contributed by atoms with Crippen molar-refractivity contribution < 1.29 is 9.84 Å². The third-order valence-electron chi connectivity index (χ3n) is 2.40. The van der Waals surface area contributed by atoms with Gasteiger partial charge in [-0.3, -0.25) is 0 Å². The minimum absolute atomic E-state index is 0.111. The van der Waals surface area contributed by atoms with Gasteiger partial charge in [-0.05, 0) is 33.6 Å². The van der Waals surface area contributed by atoms with Gasteiger partial charge in [0.05, 0.1) is 18.3 Å². The Kier molecular flexibility index (Phi) is 2.91. The van der Waals surface area contributed by atoms with E-state index in [0.717, 1.165) is 12.8 Å². The molecule has 1 rings (SSSR count). The van der Waals surface area contributed by atoms with E-state index in [9.17, 15) is 0 Å². The molecule has 1 saturated heterocycles. The van der Waals surface area contributed by atoms with Crippen LogP contribution in [-0.4, -0.2) is 23.4 Å². The van der Waals surface area contributed by atoms with E-state index in [1.165, 1.54) is 5.57 Å². The van der Waals surface area contributed by atoms with Gasteiger partial charge in [0.2, 0.25) is 0 Å². The van der Waals surface area contributed by atoms with E-state index in [4.69, 9.17) is 9.84 Å². The van der Waals surface area contributed by atoms with Crippen LogP contribution in [0.3, 0.4) is 0 Å². The molecule has 0 radical (unpaired) electrons. The van der Waals surface area contributed by atoms with Crippen LogP contribution in [0.15, 0.2) is 11.6 Å². The van der Waals surface area contributed by atoms with Crippen LogP contribution in [0, 0.1) is 0 Å². The maximum Gasteiger partial charge on any atom is 0.0892 e. The van der Waals surface area contributed by atoms with Crippen molar-refractivity contribution in [2.45, 2.75) is 45.3 Å². The molecule has 1 aliphatic heterocycles. The summed E-state index contributed by atoms with van der Waals surface area (Å²) < 4.78 is 5.44. The third kappa shape index (κ3) is 2.61. The fourth-order valence-electron chi connectivity index (χ4n) is 1.36. The van der Waals surface area contributed by atoms with E-state index >= 15 is 0 Å². The first kappa shape index (κ1) is 9.75. The second-order valence-corrected chi connectivity index (χ2v) is 3.98. The first-order chi connectivity index (χ1) is 5.56. The molecule has 1 atom stereocenters. The van der Waals surface area contributed by atoms with E-state index in [2.05, 4.69) is 13.8 Å². The number of aliphatic hydroxyl groups excluding tert-OH is 1. The van der Waals surface area contributed by atoms with E-state index in [-0.39, 0.29) is 12.2 Å². The summed E-state index contributed by atoms with van der Waals surface area (Å²) in [5, 5.41) is 8.61. The number of aliphatic hydroxyl groups is 1. The van der Waals surface area contributed by atoms with E-state index in [1.54, 1.807) is 0 Å². The molecule has 1 aliphatic rings. The molecule has 0 bridgehead atoms. The summed E-state index contributed by atoms with van der Waals surface area (Å²) in [6.45, 7) is 6.43. The highest BCUT2D eigenvalue weighted by Gasteiger charge is 2.46. The second-order valence-electron chi connectivity index (χ2n) is 3.98. The van der Waals surface area contributed by atoms with Crippen molar-refractivity contribution in [2.24, 2.45) is 0 Å². The minimum atomic E-state index is 0.111. The number of hydrogen-bond donors (Lipinski definition) is 1. The largest absolute Gasteiger partial charge is 0.392 e. The molecule has 1 heterocycles. The van der Waals surface area contributed by atoms with Crippen LogP contribution < -0.4 is 0 Å². The van der Waals surface area contributed by atoms with E-state index in [0.29, 0.717) is 6.10 Å². The zero-order valence-electron chi connectivity index (χ0n) is 8.13. The Bertz CT molecular complexity index is 182. The second kappa shape index (κ2) is 3.58. The molecular weight excluding hydrogens is 152 g/mol. The van der Waals surface area contributed by atoms with Crippen molar-refractivity contribution >= 4 is 0 Å². The molecule has 2 nitrogen and oxygen atoms in total. The summed E-state index contributed by atoms with van der Waals surface area (Å²) in [6.07, 6.45) is 4.40. The number of rotatable bonds is 4. The van der Waals surface area contributed by atoms with Crippen LogP contribution in [0.25, 0.3) is 0 Å². The maximum absolute atomic E-state index is 8.61. The van der Waals surface area contributed by atoms with E-state index in [1.807, 2.05) is 13.0 Å². The molecule has 0 saturated carbocycles. The fraction of sp³-hybridized carbons (Fsp3) is 0.800. The van der Waals surface area contributed by atoms with Crippen LogP contribution in [-0.2, 0) is 4.74 Å². The average molecular weight is 170 g/mol. The van der Waals surface area contributed by atoms with Gasteiger partial charge in [0.15, 0.2) is 0 Å². The number of epoxide rings is 1. The predicted octanol–water partition coefficient (Wildman–Crippen LogP) is 1.88. The molecule has 0 unspecified atom stereocenters. The van der Waals surface area contributed by atoms with Crippen molar-refractivity contribution in [1.82, 2.24) is 0 Å². The molecular formula is C10H18O2. The number of ether oxygens (including phenoxy) is 1. The molecule has 0 aliphatic carbocycles. The SMILES string of the molecule is C/C(=C\CO)CC[C@H]1OC1(C)C. The molecule has 1 N–H and O–H groups in total. The van der Waals surface area contributed by atoms with Crippen LogP contribution in [0.5, 0.6) is 0 Å². The van der Waals surface area contributed by atoms with Crippen LogP contribution in [0.2, 0.25) is 0 Å². The molecule has 0 aromatic carbocycles. The highest BCUT2D eigenvalue weighted by molar-refractivity contribution is 5.02. The highest BCUT2D eigenvalue weighted by Crippen LogP contribution is 2.38. The normalized spacial score (nSPS) is 27.3. The number of hydrogen-bond acceptors (Lipinski definition) is 2. The van der Waals surface area contributed by atoms with E-state index < -0.39 is 0 Å². The van der Waals surface area contributed by atoms with Crippen molar-refractivity contribution in [1.29, 1.82) is 0 Å². The molecule has 0 aromatic rings. The lowest BCUT2D eigenvalue weighted by Gasteiger charge is -1.98. The van der Waals surface area contributed by atoms with Gasteiger partial charge in [0.25, 0.3) is 0 Å². The molecule has 1 fully saturated rings. The van der Waals surface area contributed by atoms with Crippen molar-refractivity contribution in [3.63, 3.8) is 0 Å². The summed E-state index contributed by atoms with van der Waals surface area (Å²) in [7, 11) is 0. The maximum atomic E-state index is 8.61. The predicted molar refractivity (Wildman–Crippen MR) is 49.0 cm³/mol. The topological polar surface area (TPSA) is 32.8 Å². The minimum Gasteiger partial charge on any atom is -0.392 e. The standard InChI is InChI=1S/C10H18O2/c1-8(6-7-11)4-5-9-10(2,3)12-9/h6,9,11H,4-5,7H2,1-3H3/b8-6+/t9-/m1/s1. The lowest BCUT2D eigenvalue weighted by atomic mass is 10.0. The molecule has 0 aromatic heterocycles. The summed E-state index contributed by atoms with van der Waals surface area (Å²) in [5.41, 5.74) is 1.36. The van der Waals surface area contributed by atoms with Gasteiger partial charge in [-0.25, -0.2) is 0 Å². The summed E-state index contributed by atoms with van der Waals surface area (Å²) in [6, 6.07) is 0.